The van der Waals surface area contributed by atoms with Crippen LogP contribution in [0.15, 0.2) is 25.3 Å². The minimum Gasteiger partial charge on any atom is -0.348 e. The first-order valence-corrected chi connectivity index (χ1v) is 5.55. The summed E-state index contributed by atoms with van der Waals surface area (Å²) in [5.74, 6) is -0.736. The fraction of sp³-hybridized carbons (Fsp3) is 0.455. The second kappa shape index (κ2) is 8.97. The maximum atomic E-state index is 11.6. The van der Waals surface area contributed by atoms with Crippen LogP contribution in [0.25, 0.3) is 0 Å². The zero-order chi connectivity index (χ0) is 12.4. The van der Waals surface area contributed by atoms with Crippen LogP contribution in [-0.4, -0.2) is 42.2 Å². The van der Waals surface area contributed by atoms with Crippen molar-refractivity contribution in [3.63, 3.8) is 0 Å². The number of hydrogen-bond acceptors (Lipinski definition) is 2. The molecule has 2 amide bonds. The number of nitrogens with zero attached hydrogens (tertiary/aromatic N) is 1. The molecule has 0 radical (unpaired) electrons. The van der Waals surface area contributed by atoms with Gasteiger partial charge in [0.1, 0.15) is 0 Å². The van der Waals surface area contributed by atoms with Crippen LogP contribution in [-0.2, 0) is 9.59 Å². The van der Waals surface area contributed by atoms with Crippen LogP contribution in [0.2, 0.25) is 0 Å². The predicted octanol–water partition coefficient (Wildman–Crippen LogP) is 0.932. The minimum atomic E-state index is -0.617. The highest BCUT2D eigenvalue weighted by Gasteiger charge is 2.18. The Kier molecular flexibility index (Phi) is 8.25. The van der Waals surface area contributed by atoms with Gasteiger partial charge in [0.2, 0.25) is 0 Å². The number of rotatable bonds is 7. The number of alkyl halides is 1. The summed E-state index contributed by atoms with van der Waals surface area (Å²) in [6, 6.07) is 0. The number of carbonyl (C=O) groups excluding carboxylic acids is 2. The number of halogens is 1. The van der Waals surface area contributed by atoms with Gasteiger partial charge in [-0.1, -0.05) is 12.2 Å². The Morgan fingerprint density at radius 1 is 1.25 bits per heavy atom. The number of carbonyl (C=O) groups is 2. The van der Waals surface area contributed by atoms with E-state index < -0.39 is 11.8 Å². The van der Waals surface area contributed by atoms with E-state index >= 15 is 0 Å². The molecule has 0 aliphatic carbocycles. The molecule has 90 valence electrons. The fourth-order valence-electron chi connectivity index (χ4n) is 1.04. The highest BCUT2D eigenvalue weighted by atomic mass is 35.5. The van der Waals surface area contributed by atoms with Crippen LogP contribution in [0.3, 0.4) is 0 Å². The van der Waals surface area contributed by atoms with Gasteiger partial charge in [-0.3, -0.25) is 9.59 Å². The Morgan fingerprint density at radius 3 is 2.25 bits per heavy atom. The smallest absolute Gasteiger partial charge is 0.312 e. The molecule has 0 aromatic rings. The quantitative estimate of drug-likeness (QED) is 0.314. The molecule has 0 bridgehead atoms. The lowest BCUT2D eigenvalue weighted by molar-refractivity contribution is -0.145. The lowest BCUT2D eigenvalue weighted by atomic mass is 10.4. The van der Waals surface area contributed by atoms with E-state index in [0.717, 1.165) is 0 Å². The fourth-order valence-corrected chi connectivity index (χ4v) is 1.17. The van der Waals surface area contributed by atoms with Crippen molar-refractivity contribution in [1.82, 2.24) is 10.2 Å². The first-order chi connectivity index (χ1) is 7.67. The van der Waals surface area contributed by atoms with E-state index in [1.54, 1.807) is 12.2 Å². The summed E-state index contributed by atoms with van der Waals surface area (Å²) in [4.78, 5) is 24.4. The van der Waals surface area contributed by atoms with Crippen LogP contribution in [0, 0.1) is 0 Å². The maximum Gasteiger partial charge on any atom is 0.312 e. The third-order valence-electron chi connectivity index (χ3n) is 1.78. The molecule has 0 heterocycles. The monoisotopic (exact) mass is 244 g/mol. The first kappa shape index (κ1) is 14.7. The summed E-state index contributed by atoms with van der Waals surface area (Å²) in [5.41, 5.74) is 0. The Bertz CT molecular complexity index is 257. The Hall–Kier alpha value is -1.29. The van der Waals surface area contributed by atoms with E-state index in [4.69, 9.17) is 11.6 Å². The largest absolute Gasteiger partial charge is 0.348 e. The van der Waals surface area contributed by atoms with Crippen molar-refractivity contribution < 1.29 is 9.59 Å². The molecule has 16 heavy (non-hydrogen) atoms. The topological polar surface area (TPSA) is 49.4 Å². The summed E-state index contributed by atoms with van der Waals surface area (Å²) in [5, 5.41) is 2.50. The van der Waals surface area contributed by atoms with Crippen LogP contribution < -0.4 is 5.32 Å². The molecule has 1 N–H and O–H groups in total. The number of hydrogen-bond donors (Lipinski definition) is 1. The normalized spacial score (nSPS) is 9.31. The lowest BCUT2D eigenvalue weighted by Gasteiger charge is -2.18. The highest BCUT2D eigenvalue weighted by molar-refractivity contribution is 6.35. The van der Waals surface area contributed by atoms with Gasteiger partial charge in [0.15, 0.2) is 0 Å². The zero-order valence-corrected chi connectivity index (χ0v) is 10.0. The molecule has 0 aliphatic heterocycles. The van der Waals surface area contributed by atoms with E-state index in [9.17, 15) is 9.59 Å². The van der Waals surface area contributed by atoms with Crippen molar-refractivity contribution in [2.24, 2.45) is 0 Å². The van der Waals surface area contributed by atoms with Crippen LogP contribution >= 0.6 is 11.6 Å². The van der Waals surface area contributed by atoms with Gasteiger partial charge in [0.05, 0.1) is 0 Å². The van der Waals surface area contributed by atoms with Gasteiger partial charge in [-0.15, -0.1) is 24.8 Å². The molecular weight excluding hydrogens is 228 g/mol. The van der Waals surface area contributed by atoms with Gasteiger partial charge < -0.3 is 10.2 Å². The standard InChI is InChI=1S/C11H17ClN2O2/c1-3-8-14(9-4-2)11(16)10(15)13-7-5-6-12/h3-4H,1-2,5-9H2,(H,13,15). The highest BCUT2D eigenvalue weighted by Crippen LogP contribution is 1.92. The lowest BCUT2D eigenvalue weighted by Crippen LogP contribution is -2.43. The van der Waals surface area contributed by atoms with E-state index in [-0.39, 0.29) is 0 Å². The van der Waals surface area contributed by atoms with Crippen LogP contribution in [0.5, 0.6) is 0 Å². The average Bonchev–Trinajstić information content (AvgIpc) is 2.28. The molecule has 0 atom stereocenters. The van der Waals surface area contributed by atoms with Crippen LogP contribution in [0.1, 0.15) is 6.42 Å². The van der Waals surface area contributed by atoms with Crippen molar-refractivity contribution in [2.45, 2.75) is 6.42 Å². The molecule has 0 saturated heterocycles. The summed E-state index contributed by atoms with van der Waals surface area (Å²) in [6.07, 6.45) is 3.77. The van der Waals surface area contributed by atoms with Gasteiger partial charge in [-0.25, -0.2) is 0 Å². The SMILES string of the molecule is C=CCN(CC=C)C(=O)C(=O)NCCCCl. The number of amides is 2. The molecule has 4 nitrogen and oxygen atoms in total. The Balaban J connectivity index is 4.19. The van der Waals surface area contributed by atoms with Crippen LogP contribution in [0.4, 0.5) is 0 Å². The van der Waals surface area contributed by atoms with E-state index in [1.807, 2.05) is 0 Å². The molecule has 0 aliphatic rings. The molecular formula is C11H17ClN2O2. The molecule has 5 heteroatoms. The van der Waals surface area contributed by atoms with E-state index in [2.05, 4.69) is 18.5 Å². The zero-order valence-electron chi connectivity index (χ0n) is 9.25. The third kappa shape index (κ3) is 5.56. The summed E-state index contributed by atoms with van der Waals surface area (Å²) in [7, 11) is 0. The van der Waals surface area contributed by atoms with Gasteiger partial charge in [0.25, 0.3) is 0 Å². The van der Waals surface area contributed by atoms with Crippen molar-refractivity contribution >= 4 is 23.4 Å². The van der Waals surface area contributed by atoms with E-state index in [1.165, 1.54) is 4.90 Å². The van der Waals surface area contributed by atoms with Crippen molar-refractivity contribution in [1.29, 1.82) is 0 Å². The van der Waals surface area contributed by atoms with Crippen molar-refractivity contribution in [3.8, 4) is 0 Å². The average molecular weight is 245 g/mol. The van der Waals surface area contributed by atoms with Gasteiger partial charge in [-0.05, 0) is 6.42 Å². The minimum absolute atomic E-state index is 0.327. The van der Waals surface area contributed by atoms with Gasteiger partial charge >= 0.3 is 11.8 Å². The second-order valence-corrected chi connectivity index (χ2v) is 3.46. The van der Waals surface area contributed by atoms with Crippen molar-refractivity contribution in [2.75, 3.05) is 25.5 Å². The van der Waals surface area contributed by atoms with Crippen molar-refractivity contribution in [3.05, 3.63) is 25.3 Å². The Morgan fingerprint density at radius 2 is 1.81 bits per heavy atom. The van der Waals surface area contributed by atoms with Gasteiger partial charge in [0, 0.05) is 25.5 Å². The first-order valence-electron chi connectivity index (χ1n) is 5.02. The third-order valence-corrected chi connectivity index (χ3v) is 2.04. The molecule has 0 rings (SSSR count). The second-order valence-electron chi connectivity index (χ2n) is 3.09. The van der Waals surface area contributed by atoms with E-state index in [0.29, 0.717) is 31.9 Å². The molecule has 0 aromatic heterocycles. The Labute approximate surface area is 101 Å². The molecule has 0 spiro atoms. The molecule has 0 aromatic carbocycles. The predicted molar refractivity (Wildman–Crippen MR) is 65.3 cm³/mol. The summed E-state index contributed by atoms with van der Waals surface area (Å²) < 4.78 is 0. The molecule has 0 fully saturated rings. The number of nitrogens with one attached hydrogen (secondary N) is 1. The molecule has 0 saturated carbocycles. The molecule has 0 unspecified atom stereocenters. The summed E-state index contributed by atoms with van der Waals surface area (Å²) >= 11 is 5.45. The maximum absolute atomic E-state index is 11.6. The van der Waals surface area contributed by atoms with Gasteiger partial charge in [-0.2, -0.15) is 0 Å². The summed E-state index contributed by atoms with van der Waals surface area (Å²) in [6.45, 7) is 8.11.